The van der Waals surface area contributed by atoms with Gasteiger partial charge in [0.15, 0.2) is 0 Å². The molecular weight excluding hydrogens is 244 g/mol. The van der Waals surface area contributed by atoms with Crippen molar-refractivity contribution >= 4 is 12.0 Å². The third-order valence-corrected chi connectivity index (χ3v) is 5.04. The molecule has 0 radical (unpaired) electrons. The second-order valence-corrected chi connectivity index (χ2v) is 6.55. The summed E-state index contributed by atoms with van der Waals surface area (Å²) in [6.45, 7) is 11.3. The molecule has 19 heavy (non-hydrogen) atoms. The van der Waals surface area contributed by atoms with Crippen LogP contribution in [0.25, 0.3) is 0 Å². The van der Waals surface area contributed by atoms with E-state index >= 15 is 0 Å². The van der Waals surface area contributed by atoms with Crippen LogP contribution in [0.5, 0.6) is 0 Å². The quantitative estimate of drug-likeness (QED) is 0.692. The molecule has 0 saturated heterocycles. The molecule has 0 aromatic carbocycles. The normalized spacial score (nSPS) is 21.5. The lowest BCUT2D eigenvalue weighted by Crippen LogP contribution is -2.43. The Morgan fingerprint density at radius 3 is 2.11 bits per heavy atom. The summed E-state index contributed by atoms with van der Waals surface area (Å²) in [4.78, 5) is 22.4. The average molecular weight is 270 g/mol. The first-order valence-electron chi connectivity index (χ1n) is 6.89. The number of urea groups is 1. The number of hydrogen-bond donors (Lipinski definition) is 3. The predicted molar refractivity (Wildman–Crippen MR) is 73.9 cm³/mol. The number of carboxylic acids is 1. The fraction of sp³-hybridized carbons (Fsp3) is 0.857. The Bertz CT molecular complexity index is 350. The molecule has 0 heterocycles. The predicted octanol–water partition coefficient (Wildman–Crippen LogP) is 2.22. The van der Waals surface area contributed by atoms with E-state index in [1.165, 1.54) is 0 Å². The number of amides is 2. The van der Waals surface area contributed by atoms with Gasteiger partial charge < -0.3 is 15.7 Å². The SMILES string of the molecule is CCC(CC(=O)O)NC(=O)NCC1C(C)(C)C1(C)C. The summed E-state index contributed by atoms with van der Waals surface area (Å²) in [7, 11) is 0. The van der Waals surface area contributed by atoms with E-state index in [-0.39, 0.29) is 29.3 Å². The summed E-state index contributed by atoms with van der Waals surface area (Å²) in [5, 5.41) is 14.3. The fourth-order valence-corrected chi connectivity index (χ4v) is 2.78. The van der Waals surface area contributed by atoms with E-state index in [1.54, 1.807) is 0 Å². The summed E-state index contributed by atoms with van der Waals surface area (Å²) < 4.78 is 0. The molecule has 0 aliphatic heterocycles. The number of carbonyl (C=O) groups is 2. The van der Waals surface area contributed by atoms with Crippen molar-refractivity contribution in [2.24, 2.45) is 16.7 Å². The minimum absolute atomic E-state index is 0.0374. The highest BCUT2D eigenvalue weighted by atomic mass is 16.4. The van der Waals surface area contributed by atoms with Gasteiger partial charge in [-0.05, 0) is 23.2 Å². The molecule has 5 nitrogen and oxygen atoms in total. The molecule has 1 rings (SSSR count). The van der Waals surface area contributed by atoms with Gasteiger partial charge in [-0.1, -0.05) is 34.6 Å². The third-order valence-electron chi connectivity index (χ3n) is 5.04. The summed E-state index contributed by atoms with van der Waals surface area (Å²) in [6.07, 6.45) is 0.574. The Labute approximate surface area is 115 Å². The number of rotatable bonds is 6. The molecule has 5 heteroatoms. The molecule has 110 valence electrons. The summed E-state index contributed by atoms with van der Waals surface area (Å²) in [6, 6.07) is -0.579. The zero-order chi connectivity index (χ0) is 14.8. The van der Waals surface area contributed by atoms with Gasteiger partial charge in [0.2, 0.25) is 0 Å². The van der Waals surface area contributed by atoms with Gasteiger partial charge in [-0.25, -0.2) is 4.79 Å². The topological polar surface area (TPSA) is 78.4 Å². The summed E-state index contributed by atoms with van der Waals surface area (Å²) >= 11 is 0. The van der Waals surface area contributed by atoms with E-state index in [0.29, 0.717) is 18.9 Å². The van der Waals surface area contributed by atoms with Crippen molar-refractivity contribution in [3.8, 4) is 0 Å². The Kier molecular flexibility index (Phi) is 4.48. The molecule has 1 saturated carbocycles. The number of carbonyl (C=O) groups excluding carboxylic acids is 1. The first-order valence-corrected chi connectivity index (χ1v) is 6.89. The minimum Gasteiger partial charge on any atom is -0.481 e. The van der Waals surface area contributed by atoms with Crippen molar-refractivity contribution in [2.75, 3.05) is 6.54 Å². The Morgan fingerprint density at radius 2 is 1.74 bits per heavy atom. The molecule has 0 aromatic rings. The van der Waals surface area contributed by atoms with Crippen LogP contribution in [0.3, 0.4) is 0 Å². The monoisotopic (exact) mass is 270 g/mol. The molecule has 1 atom stereocenters. The maximum absolute atomic E-state index is 11.7. The highest BCUT2D eigenvalue weighted by Gasteiger charge is 2.64. The van der Waals surface area contributed by atoms with Crippen LogP contribution in [0, 0.1) is 16.7 Å². The number of aliphatic carboxylic acids is 1. The summed E-state index contributed by atoms with van der Waals surface area (Å²) in [5.74, 6) is -0.429. The van der Waals surface area contributed by atoms with Crippen LogP contribution < -0.4 is 10.6 Å². The molecule has 1 fully saturated rings. The first kappa shape index (κ1) is 15.8. The van der Waals surface area contributed by atoms with E-state index in [1.807, 2.05) is 6.92 Å². The van der Waals surface area contributed by atoms with Crippen LogP contribution in [0.1, 0.15) is 47.5 Å². The van der Waals surface area contributed by atoms with Crippen molar-refractivity contribution in [1.82, 2.24) is 10.6 Å². The molecule has 0 aromatic heterocycles. The Hall–Kier alpha value is -1.26. The second kappa shape index (κ2) is 5.39. The van der Waals surface area contributed by atoms with Crippen LogP contribution >= 0.6 is 0 Å². The zero-order valence-electron chi connectivity index (χ0n) is 12.5. The van der Waals surface area contributed by atoms with Gasteiger partial charge in [-0.15, -0.1) is 0 Å². The molecule has 0 spiro atoms. The van der Waals surface area contributed by atoms with Gasteiger partial charge in [0, 0.05) is 12.6 Å². The lowest BCUT2D eigenvalue weighted by molar-refractivity contribution is -0.137. The first-order chi connectivity index (χ1) is 8.62. The molecule has 2 amide bonds. The number of carboxylic acid groups (broad SMARTS) is 1. The lowest BCUT2D eigenvalue weighted by Gasteiger charge is -2.15. The molecule has 0 bridgehead atoms. The van der Waals surface area contributed by atoms with Crippen LogP contribution in [0.15, 0.2) is 0 Å². The Morgan fingerprint density at radius 1 is 1.21 bits per heavy atom. The summed E-state index contributed by atoms with van der Waals surface area (Å²) in [5.41, 5.74) is 0.483. The standard InChI is InChI=1S/C14H26N2O3/c1-6-9(7-11(17)18)16-12(19)15-8-10-13(2,3)14(10,4)5/h9-10H,6-8H2,1-5H3,(H,17,18)(H2,15,16,19). The molecule has 1 unspecified atom stereocenters. The lowest BCUT2D eigenvalue weighted by atomic mass is 10.0. The van der Waals surface area contributed by atoms with Gasteiger partial charge in [0.05, 0.1) is 6.42 Å². The van der Waals surface area contributed by atoms with Gasteiger partial charge in [-0.2, -0.15) is 0 Å². The van der Waals surface area contributed by atoms with E-state index < -0.39 is 5.97 Å². The largest absolute Gasteiger partial charge is 0.481 e. The van der Waals surface area contributed by atoms with E-state index in [0.717, 1.165) is 0 Å². The highest BCUT2D eigenvalue weighted by molar-refractivity contribution is 5.75. The maximum atomic E-state index is 11.7. The smallest absolute Gasteiger partial charge is 0.315 e. The van der Waals surface area contributed by atoms with Gasteiger partial charge in [-0.3, -0.25) is 4.79 Å². The van der Waals surface area contributed by atoms with Crippen LogP contribution in [0.4, 0.5) is 4.79 Å². The third kappa shape index (κ3) is 3.39. The van der Waals surface area contributed by atoms with E-state index in [9.17, 15) is 9.59 Å². The van der Waals surface area contributed by atoms with Crippen molar-refractivity contribution in [3.05, 3.63) is 0 Å². The van der Waals surface area contributed by atoms with Crippen LogP contribution in [0.2, 0.25) is 0 Å². The van der Waals surface area contributed by atoms with Crippen molar-refractivity contribution in [2.45, 2.75) is 53.5 Å². The number of nitrogens with one attached hydrogen (secondary N) is 2. The van der Waals surface area contributed by atoms with Gasteiger partial charge in [0.25, 0.3) is 0 Å². The average Bonchev–Trinajstić information content (AvgIpc) is 2.65. The van der Waals surface area contributed by atoms with Crippen LogP contribution in [-0.4, -0.2) is 29.7 Å². The van der Waals surface area contributed by atoms with Crippen LogP contribution in [-0.2, 0) is 4.79 Å². The van der Waals surface area contributed by atoms with Crippen molar-refractivity contribution < 1.29 is 14.7 Å². The minimum atomic E-state index is -0.892. The van der Waals surface area contributed by atoms with E-state index in [4.69, 9.17) is 5.11 Å². The zero-order valence-corrected chi connectivity index (χ0v) is 12.5. The fourth-order valence-electron chi connectivity index (χ4n) is 2.78. The van der Waals surface area contributed by atoms with Gasteiger partial charge >= 0.3 is 12.0 Å². The maximum Gasteiger partial charge on any atom is 0.315 e. The van der Waals surface area contributed by atoms with E-state index in [2.05, 4.69) is 38.3 Å². The van der Waals surface area contributed by atoms with Crippen molar-refractivity contribution in [1.29, 1.82) is 0 Å². The Balaban J connectivity index is 2.35. The molecule has 1 aliphatic carbocycles. The highest BCUT2D eigenvalue weighted by Crippen LogP contribution is 2.67. The van der Waals surface area contributed by atoms with Crippen molar-refractivity contribution in [3.63, 3.8) is 0 Å². The van der Waals surface area contributed by atoms with Gasteiger partial charge in [0.1, 0.15) is 0 Å². The molecule has 3 N–H and O–H groups in total. The molecular formula is C14H26N2O3. The number of hydrogen-bond acceptors (Lipinski definition) is 2. The second-order valence-electron chi connectivity index (χ2n) is 6.55. The molecule has 1 aliphatic rings.